The lowest BCUT2D eigenvalue weighted by Gasteiger charge is -2.32. The second-order valence-corrected chi connectivity index (χ2v) is 9.57. The highest BCUT2D eigenvalue weighted by Crippen LogP contribution is 2.33. The number of hydrogen-bond donors (Lipinski definition) is 1. The third kappa shape index (κ3) is 5.37. The normalized spacial score (nSPS) is 12.8. The van der Waals surface area contributed by atoms with Crippen molar-refractivity contribution in [1.82, 2.24) is 9.55 Å². The standard InChI is InChI=1S/C25H30ClFN2O4/c1-15-13-29(20(14-30)25(2,3)4)23-18(22(15)31)12-17(24(28-23)33-10-9-32-5)11-16-7-6-8-19(26)21(16)27/h6-8,12-13,20,30H,9-11,14H2,1-5H3/t20-/m1/s1. The van der Waals surface area contributed by atoms with Crippen LogP contribution in [-0.2, 0) is 11.2 Å². The molecule has 0 fully saturated rings. The van der Waals surface area contributed by atoms with E-state index in [0.717, 1.165) is 0 Å². The average molecular weight is 477 g/mol. The Morgan fingerprint density at radius 3 is 2.61 bits per heavy atom. The van der Waals surface area contributed by atoms with Crippen LogP contribution in [0.15, 0.2) is 35.3 Å². The second-order valence-electron chi connectivity index (χ2n) is 9.17. The van der Waals surface area contributed by atoms with Crippen LogP contribution in [0.5, 0.6) is 5.88 Å². The van der Waals surface area contributed by atoms with E-state index < -0.39 is 5.82 Å². The monoisotopic (exact) mass is 476 g/mol. The number of aliphatic hydroxyl groups excluding tert-OH is 1. The van der Waals surface area contributed by atoms with E-state index in [1.54, 1.807) is 38.4 Å². The van der Waals surface area contributed by atoms with E-state index in [2.05, 4.69) is 0 Å². The molecule has 178 valence electrons. The predicted molar refractivity (Wildman–Crippen MR) is 128 cm³/mol. The van der Waals surface area contributed by atoms with Gasteiger partial charge < -0.3 is 19.1 Å². The van der Waals surface area contributed by atoms with Crippen LogP contribution in [0, 0.1) is 18.2 Å². The molecule has 8 heteroatoms. The number of rotatable bonds is 8. The van der Waals surface area contributed by atoms with Gasteiger partial charge in [0, 0.05) is 30.9 Å². The molecule has 2 heterocycles. The predicted octanol–water partition coefficient (Wildman–Crippen LogP) is 4.69. The Morgan fingerprint density at radius 2 is 1.97 bits per heavy atom. The minimum absolute atomic E-state index is 0.0252. The van der Waals surface area contributed by atoms with E-state index in [1.807, 2.05) is 25.3 Å². The SMILES string of the molecule is COCCOc1nc2c(cc1Cc1cccc(Cl)c1F)c(=O)c(C)cn2[C@H](CO)C(C)(C)C. The highest BCUT2D eigenvalue weighted by molar-refractivity contribution is 6.30. The fraction of sp³-hybridized carbons (Fsp3) is 0.440. The molecule has 1 atom stereocenters. The van der Waals surface area contributed by atoms with Gasteiger partial charge >= 0.3 is 0 Å². The summed E-state index contributed by atoms with van der Waals surface area (Å²) < 4.78 is 27.4. The van der Waals surface area contributed by atoms with Crippen molar-refractivity contribution < 1.29 is 19.0 Å². The van der Waals surface area contributed by atoms with Crippen molar-refractivity contribution >= 4 is 22.6 Å². The molecule has 0 aliphatic rings. The molecule has 0 aliphatic heterocycles. The Balaban J connectivity index is 2.26. The van der Waals surface area contributed by atoms with Gasteiger partial charge in [0.1, 0.15) is 18.1 Å². The number of aryl methyl sites for hydroxylation is 1. The van der Waals surface area contributed by atoms with E-state index in [-0.39, 0.29) is 47.4 Å². The first kappa shape index (κ1) is 25.1. The lowest BCUT2D eigenvalue weighted by Crippen LogP contribution is -2.30. The fourth-order valence-electron chi connectivity index (χ4n) is 3.81. The van der Waals surface area contributed by atoms with Crippen molar-refractivity contribution in [2.75, 3.05) is 26.9 Å². The number of methoxy groups -OCH3 is 1. The lowest BCUT2D eigenvalue weighted by molar-refractivity contribution is 0.138. The molecule has 0 amide bonds. The maximum atomic E-state index is 14.6. The summed E-state index contributed by atoms with van der Waals surface area (Å²) in [5.41, 5.74) is 1.39. The van der Waals surface area contributed by atoms with Crippen LogP contribution < -0.4 is 10.2 Å². The minimum atomic E-state index is -0.517. The Hall–Kier alpha value is -2.48. The van der Waals surface area contributed by atoms with Gasteiger partial charge in [-0.3, -0.25) is 4.79 Å². The quantitative estimate of drug-likeness (QED) is 0.477. The third-order valence-corrected chi connectivity index (χ3v) is 5.96. The summed E-state index contributed by atoms with van der Waals surface area (Å²) in [5.74, 6) is -0.238. The summed E-state index contributed by atoms with van der Waals surface area (Å²) in [6, 6.07) is 6.18. The van der Waals surface area contributed by atoms with Crippen LogP contribution in [0.1, 0.15) is 43.5 Å². The molecule has 0 spiro atoms. The molecule has 0 saturated carbocycles. The number of benzene rings is 1. The number of hydrogen-bond acceptors (Lipinski definition) is 5. The summed E-state index contributed by atoms with van der Waals surface area (Å²) >= 11 is 5.96. The molecule has 0 radical (unpaired) electrons. The molecule has 0 unspecified atom stereocenters. The summed E-state index contributed by atoms with van der Waals surface area (Å²) in [6.07, 6.45) is 1.87. The fourth-order valence-corrected chi connectivity index (χ4v) is 4.01. The van der Waals surface area contributed by atoms with Gasteiger partial charge in [-0.2, -0.15) is 4.98 Å². The molecule has 0 saturated heterocycles. The van der Waals surface area contributed by atoms with Crippen LogP contribution in [0.25, 0.3) is 11.0 Å². The number of aromatic nitrogens is 2. The number of fused-ring (bicyclic) bond motifs is 1. The summed E-state index contributed by atoms with van der Waals surface area (Å²) in [6.45, 7) is 8.22. The molecule has 6 nitrogen and oxygen atoms in total. The van der Waals surface area contributed by atoms with Crippen LogP contribution >= 0.6 is 11.6 Å². The van der Waals surface area contributed by atoms with E-state index in [9.17, 15) is 14.3 Å². The first-order valence-electron chi connectivity index (χ1n) is 10.8. The maximum absolute atomic E-state index is 14.6. The average Bonchev–Trinajstić information content (AvgIpc) is 2.75. The van der Waals surface area contributed by atoms with Gasteiger partial charge in [-0.25, -0.2) is 4.39 Å². The summed E-state index contributed by atoms with van der Waals surface area (Å²) in [5, 5.41) is 10.6. The number of ether oxygens (including phenoxy) is 2. The zero-order valence-electron chi connectivity index (χ0n) is 19.6. The molecule has 1 N–H and O–H groups in total. The summed E-state index contributed by atoms with van der Waals surface area (Å²) in [7, 11) is 1.56. The number of aliphatic hydroxyl groups is 1. The molecule has 3 rings (SSSR count). The van der Waals surface area contributed by atoms with E-state index >= 15 is 0 Å². The highest BCUT2D eigenvalue weighted by Gasteiger charge is 2.28. The van der Waals surface area contributed by atoms with Crippen molar-refractivity contribution in [1.29, 1.82) is 0 Å². The van der Waals surface area contributed by atoms with Gasteiger partial charge in [-0.1, -0.05) is 44.5 Å². The van der Waals surface area contributed by atoms with Gasteiger partial charge in [0.25, 0.3) is 0 Å². The zero-order chi connectivity index (χ0) is 24.3. The molecule has 0 bridgehead atoms. The van der Waals surface area contributed by atoms with E-state index in [4.69, 9.17) is 26.1 Å². The topological polar surface area (TPSA) is 73.6 Å². The van der Waals surface area contributed by atoms with E-state index in [0.29, 0.717) is 34.3 Å². The lowest BCUT2D eigenvalue weighted by atomic mass is 9.86. The minimum Gasteiger partial charge on any atom is -0.475 e. The number of nitrogens with zero attached hydrogens (tertiary/aromatic N) is 2. The van der Waals surface area contributed by atoms with Crippen molar-refractivity contribution in [3.63, 3.8) is 0 Å². The molecule has 3 aromatic rings. The smallest absolute Gasteiger partial charge is 0.218 e. The molecular weight excluding hydrogens is 447 g/mol. The first-order valence-corrected chi connectivity index (χ1v) is 11.2. The second kappa shape index (κ2) is 10.2. The third-order valence-electron chi connectivity index (χ3n) is 5.67. The van der Waals surface area contributed by atoms with Crippen molar-refractivity contribution in [2.45, 2.75) is 40.2 Å². The van der Waals surface area contributed by atoms with Gasteiger partial charge in [0.15, 0.2) is 5.43 Å². The van der Waals surface area contributed by atoms with Crippen LogP contribution in [0.4, 0.5) is 4.39 Å². The highest BCUT2D eigenvalue weighted by atomic mass is 35.5. The number of halogens is 2. The van der Waals surface area contributed by atoms with Crippen molar-refractivity contribution in [3.8, 4) is 5.88 Å². The van der Waals surface area contributed by atoms with Crippen molar-refractivity contribution in [2.24, 2.45) is 5.41 Å². The van der Waals surface area contributed by atoms with Gasteiger partial charge in [-0.05, 0) is 30.0 Å². The molecule has 0 aliphatic carbocycles. The van der Waals surface area contributed by atoms with Gasteiger partial charge in [0.05, 0.1) is 29.7 Å². The van der Waals surface area contributed by atoms with E-state index in [1.165, 1.54) is 6.07 Å². The summed E-state index contributed by atoms with van der Waals surface area (Å²) in [4.78, 5) is 17.8. The zero-order valence-corrected chi connectivity index (χ0v) is 20.4. The number of pyridine rings is 2. The first-order chi connectivity index (χ1) is 15.6. The van der Waals surface area contributed by atoms with Crippen LogP contribution in [0.2, 0.25) is 5.02 Å². The molecular formula is C25H30ClFN2O4. The van der Waals surface area contributed by atoms with Gasteiger partial charge in [0.2, 0.25) is 5.88 Å². The Morgan fingerprint density at radius 1 is 1.24 bits per heavy atom. The van der Waals surface area contributed by atoms with Crippen LogP contribution in [-0.4, -0.2) is 41.6 Å². The maximum Gasteiger partial charge on any atom is 0.218 e. The Kier molecular flexibility index (Phi) is 7.77. The molecule has 2 aromatic heterocycles. The largest absolute Gasteiger partial charge is 0.475 e. The Bertz CT molecular complexity index is 1200. The van der Waals surface area contributed by atoms with Gasteiger partial charge in [-0.15, -0.1) is 0 Å². The molecule has 1 aromatic carbocycles. The molecule has 33 heavy (non-hydrogen) atoms. The Labute approximate surface area is 197 Å². The van der Waals surface area contributed by atoms with Crippen molar-refractivity contribution in [3.05, 3.63) is 68.2 Å². The van der Waals surface area contributed by atoms with Crippen LogP contribution in [0.3, 0.4) is 0 Å².